The molecular weight excluding hydrogens is 232 g/mol. The van der Waals surface area contributed by atoms with Crippen LogP contribution in [0.5, 0.6) is 0 Å². The number of aliphatic carboxylic acids is 1. The molecule has 104 valence electrons. The lowest BCUT2D eigenvalue weighted by Crippen LogP contribution is -2.53. The van der Waals surface area contributed by atoms with E-state index in [1.165, 1.54) is 0 Å². The van der Waals surface area contributed by atoms with E-state index in [0.717, 1.165) is 32.5 Å². The van der Waals surface area contributed by atoms with Gasteiger partial charge in [0.25, 0.3) is 0 Å². The largest absolute Gasteiger partial charge is 0.479 e. The van der Waals surface area contributed by atoms with Gasteiger partial charge in [0, 0.05) is 25.2 Å². The summed E-state index contributed by atoms with van der Waals surface area (Å²) in [6.07, 6.45) is 1.65. The van der Waals surface area contributed by atoms with E-state index in [2.05, 4.69) is 23.6 Å². The third kappa shape index (κ3) is 3.22. The first-order valence-corrected chi connectivity index (χ1v) is 6.90. The van der Waals surface area contributed by atoms with Crippen LogP contribution in [0.15, 0.2) is 0 Å². The first-order chi connectivity index (χ1) is 8.58. The number of carbonyl (C=O) groups is 1. The zero-order chi connectivity index (χ0) is 13.1. The summed E-state index contributed by atoms with van der Waals surface area (Å²) < 4.78 is 5.27. The number of hydrogen-bond donors (Lipinski definition) is 1. The number of ether oxygens (including phenoxy) is 1. The number of carboxylic acid groups (broad SMARTS) is 1. The Morgan fingerprint density at radius 3 is 2.50 bits per heavy atom. The van der Waals surface area contributed by atoms with E-state index < -0.39 is 12.1 Å². The van der Waals surface area contributed by atoms with Gasteiger partial charge in [0.2, 0.25) is 0 Å². The summed E-state index contributed by atoms with van der Waals surface area (Å²) in [5.41, 5.74) is 0. The summed E-state index contributed by atoms with van der Waals surface area (Å²) in [5, 5.41) is 9.01. The molecule has 1 unspecified atom stereocenters. The Labute approximate surface area is 109 Å². The average Bonchev–Trinajstić information content (AvgIpc) is 2.39. The molecule has 0 aromatic carbocycles. The van der Waals surface area contributed by atoms with E-state index in [4.69, 9.17) is 9.84 Å². The first kappa shape index (κ1) is 13.8. The highest BCUT2D eigenvalue weighted by Crippen LogP contribution is 2.20. The van der Waals surface area contributed by atoms with Crippen LogP contribution in [0.25, 0.3) is 0 Å². The number of piperidine rings is 1. The normalized spacial score (nSPS) is 28.7. The molecule has 18 heavy (non-hydrogen) atoms. The van der Waals surface area contributed by atoms with E-state index in [1.54, 1.807) is 0 Å². The molecule has 2 rings (SSSR count). The summed E-state index contributed by atoms with van der Waals surface area (Å²) in [6, 6.07) is 1.15. The topological polar surface area (TPSA) is 53.0 Å². The van der Waals surface area contributed by atoms with E-state index >= 15 is 0 Å². The van der Waals surface area contributed by atoms with Gasteiger partial charge in [0.15, 0.2) is 6.10 Å². The molecule has 2 heterocycles. The second-order valence-corrected chi connectivity index (χ2v) is 5.55. The van der Waals surface area contributed by atoms with E-state index in [-0.39, 0.29) is 0 Å². The Morgan fingerprint density at radius 1 is 1.28 bits per heavy atom. The van der Waals surface area contributed by atoms with Gasteiger partial charge in [-0.2, -0.15) is 0 Å². The van der Waals surface area contributed by atoms with Crippen molar-refractivity contribution >= 4 is 5.97 Å². The predicted octanol–water partition coefficient (Wildman–Crippen LogP) is 0.645. The lowest BCUT2D eigenvalue weighted by Gasteiger charge is -2.42. The maximum absolute atomic E-state index is 11.0. The second-order valence-electron chi connectivity index (χ2n) is 5.55. The minimum absolute atomic E-state index is 0.533. The number of rotatable bonds is 3. The van der Waals surface area contributed by atoms with Gasteiger partial charge in [-0.1, -0.05) is 0 Å². The maximum atomic E-state index is 11.0. The number of carboxylic acids is 1. The molecule has 0 radical (unpaired) electrons. The van der Waals surface area contributed by atoms with Gasteiger partial charge in [-0.05, 0) is 39.8 Å². The summed E-state index contributed by atoms with van der Waals surface area (Å²) in [7, 11) is 0. The van der Waals surface area contributed by atoms with Crippen molar-refractivity contribution in [3.8, 4) is 0 Å². The Balaban J connectivity index is 1.84. The smallest absolute Gasteiger partial charge is 0.334 e. The molecule has 2 aliphatic rings. The van der Waals surface area contributed by atoms with Crippen LogP contribution in [0.1, 0.15) is 26.7 Å². The van der Waals surface area contributed by atoms with Gasteiger partial charge < -0.3 is 14.7 Å². The van der Waals surface area contributed by atoms with Crippen molar-refractivity contribution in [2.45, 2.75) is 44.9 Å². The van der Waals surface area contributed by atoms with Crippen molar-refractivity contribution in [2.75, 3.05) is 32.8 Å². The Morgan fingerprint density at radius 2 is 1.94 bits per heavy atom. The van der Waals surface area contributed by atoms with Crippen LogP contribution in [0, 0.1) is 0 Å². The molecule has 0 bridgehead atoms. The average molecular weight is 256 g/mol. The Bertz CT molecular complexity index is 288. The van der Waals surface area contributed by atoms with Crippen LogP contribution in [0.4, 0.5) is 0 Å². The van der Waals surface area contributed by atoms with E-state index in [0.29, 0.717) is 25.2 Å². The molecule has 0 saturated carbocycles. The fourth-order valence-corrected chi connectivity index (χ4v) is 2.92. The molecular formula is C13H24N2O3. The minimum atomic E-state index is -0.834. The van der Waals surface area contributed by atoms with Crippen molar-refractivity contribution in [2.24, 2.45) is 0 Å². The molecule has 2 saturated heterocycles. The Kier molecular flexibility index (Phi) is 4.59. The SMILES string of the molecule is CC(C)N1CCC(N2CCOC(C(=O)O)C2)CC1. The van der Waals surface area contributed by atoms with Crippen LogP contribution in [0.2, 0.25) is 0 Å². The number of likely N-dealkylation sites (tertiary alicyclic amines) is 1. The third-order valence-corrected chi connectivity index (χ3v) is 4.12. The van der Waals surface area contributed by atoms with Gasteiger partial charge in [0.05, 0.1) is 6.61 Å². The van der Waals surface area contributed by atoms with Gasteiger partial charge >= 0.3 is 5.97 Å². The predicted molar refractivity (Wildman–Crippen MR) is 68.7 cm³/mol. The first-order valence-electron chi connectivity index (χ1n) is 6.90. The molecule has 0 spiro atoms. The molecule has 2 aliphatic heterocycles. The van der Waals surface area contributed by atoms with Gasteiger partial charge in [-0.3, -0.25) is 4.90 Å². The zero-order valence-electron chi connectivity index (χ0n) is 11.3. The van der Waals surface area contributed by atoms with Crippen LogP contribution in [0.3, 0.4) is 0 Å². The standard InChI is InChI=1S/C13H24N2O3/c1-10(2)14-5-3-11(4-6-14)15-7-8-18-12(9-15)13(16)17/h10-12H,3-9H2,1-2H3,(H,16,17). The van der Waals surface area contributed by atoms with Gasteiger partial charge in [-0.15, -0.1) is 0 Å². The van der Waals surface area contributed by atoms with Gasteiger partial charge in [0.1, 0.15) is 0 Å². The summed E-state index contributed by atoms with van der Waals surface area (Å²) >= 11 is 0. The fraction of sp³-hybridized carbons (Fsp3) is 0.923. The van der Waals surface area contributed by atoms with E-state index in [9.17, 15) is 4.79 Å². The molecule has 0 aromatic heterocycles. The fourth-order valence-electron chi connectivity index (χ4n) is 2.92. The molecule has 0 aromatic rings. The van der Waals surface area contributed by atoms with Gasteiger partial charge in [-0.25, -0.2) is 4.79 Å². The Hall–Kier alpha value is -0.650. The molecule has 1 N–H and O–H groups in total. The van der Waals surface area contributed by atoms with Crippen molar-refractivity contribution < 1.29 is 14.6 Å². The highest BCUT2D eigenvalue weighted by molar-refractivity contribution is 5.72. The summed E-state index contributed by atoms with van der Waals surface area (Å²) in [5.74, 6) is -0.834. The van der Waals surface area contributed by atoms with Crippen molar-refractivity contribution in [1.82, 2.24) is 9.80 Å². The lowest BCUT2D eigenvalue weighted by molar-refractivity contribution is -0.157. The molecule has 1 atom stereocenters. The molecule has 5 heteroatoms. The zero-order valence-corrected chi connectivity index (χ0v) is 11.3. The number of hydrogen-bond acceptors (Lipinski definition) is 4. The molecule has 2 fully saturated rings. The maximum Gasteiger partial charge on any atom is 0.334 e. The van der Waals surface area contributed by atoms with Crippen LogP contribution >= 0.6 is 0 Å². The molecule has 0 aliphatic carbocycles. The lowest BCUT2D eigenvalue weighted by atomic mass is 10.0. The minimum Gasteiger partial charge on any atom is -0.479 e. The number of nitrogens with zero attached hydrogens (tertiary/aromatic N) is 2. The molecule has 0 amide bonds. The van der Waals surface area contributed by atoms with Crippen LogP contribution in [-0.2, 0) is 9.53 Å². The van der Waals surface area contributed by atoms with Crippen LogP contribution in [-0.4, -0.2) is 71.8 Å². The van der Waals surface area contributed by atoms with Crippen molar-refractivity contribution in [1.29, 1.82) is 0 Å². The summed E-state index contributed by atoms with van der Waals surface area (Å²) in [6.45, 7) is 8.67. The highest BCUT2D eigenvalue weighted by atomic mass is 16.5. The second kappa shape index (κ2) is 5.99. The van der Waals surface area contributed by atoms with Crippen molar-refractivity contribution in [3.05, 3.63) is 0 Å². The van der Waals surface area contributed by atoms with Crippen molar-refractivity contribution in [3.63, 3.8) is 0 Å². The highest BCUT2D eigenvalue weighted by Gasteiger charge is 2.32. The van der Waals surface area contributed by atoms with Crippen LogP contribution < -0.4 is 0 Å². The molecule has 5 nitrogen and oxygen atoms in total. The third-order valence-electron chi connectivity index (χ3n) is 4.12. The quantitative estimate of drug-likeness (QED) is 0.803. The monoisotopic (exact) mass is 256 g/mol. The summed E-state index contributed by atoms with van der Waals surface area (Å²) in [4.78, 5) is 15.8. The van der Waals surface area contributed by atoms with E-state index in [1.807, 2.05) is 0 Å². The number of morpholine rings is 1.